The second-order valence-corrected chi connectivity index (χ2v) is 5.08. The van der Waals surface area contributed by atoms with Gasteiger partial charge < -0.3 is 4.74 Å². The van der Waals surface area contributed by atoms with Crippen LogP contribution in [0.3, 0.4) is 0 Å². The second-order valence-electron chi connectivity index (χ2n) is 5.08. The quantitative estimate of drug-likeness (QED) is 0.795. The maximum Gasteiger partial charge on any atom is 0.0594 e. The molecule has 1 saturated heterocycles. The molecule has 1 heterocycles. The maximum atomic E-state index is 5.37. The molecule has 2 heteroatoms. The first-order valence-corrected chi connectivity index (χ1v) is 6.53. The molecule has 0 amide bonds. The van der Waals surface area contributed by atoms with Crippen LogP contribution in [-0.4, -0.2) is 37.7 Å². The standard InChI is InChI=1S/C15H23NO/c1-12-10-13(2)15(14(3)11-12)4-5-16-6-8-17-9-7-16/h10-11H,4-9H2,1-3H3. The fourth-order valence-electron chi connectivity index (χ4n) is 2.70. The van der Waals surface area contributed by atoms with Crippen LogP contribution in [0.25, 0.3) is 0 Å². The van der Waals surface area contributed by atoms with E-state index in [4.69, 9.17) is 4.74 Å². The minimum absolute atomic E-state index is 0.895. The number of rotatable bonds is 3. The summed E-state index contributed by atoms with van der Waals surface area (Å²) >= 11 is 0. The predicted octanol–water partition coefficient (Wildman–Crippen LogP) is 2.49. The lowest BCUT2D eigenvalue weighted by Crippen LogP contribution is -2.37. The number of hydrogen-bond donors (Lipinski definition) is 0. The van der Waals surface area contributed by atoms with Crippen molar-refractivity contribution in [1.82, 2.24) is 4.90 Å². The van der Waals surface area contributed by atoms with E-state index in [1.807, 2.05) is 0 Å². The molecule has 1 aliphatic rings. The molecule has 1 aliphatic heterocycles. The van der Waals surface area contributed by atoms with E-state index in [0.29, 0.717) is 0 Å². The minimum Gasteiger partial charge on any atom is -0.379 e. The third-order valence-corrected chi connectivity index (χ3v) is 3.62. The third kappa shape index (κ3) is 3.30. The summed E-state index contributed by atoms with van der Waals surface area (Å²) in [5, 5.41) is 0. The Bertz CT molecular complexity index is 358. The van der Waals surface area contributed by atoms with Crippen molar-refractivity contribution in [3.8, 4) is 0 Å². The number of hydrogen-bond acceptors (Lipinski definition) is 2. The summed E-state index contributed by atoms with van der Waals surface area (Å²) in [7, 11) is 0. The lowest BCUT2D eigenvalue weighted by atomic mass is 9.97. The number of benzene rings is 1. The summed E-state index contributed by atoms with van der Waals surface area (Å²) in [5.41, 5.74) is 5.78. The number of nitrogens with zero attached hydrogens (tertiary/aromatic N) is 1. The summed E-state index contributed by atoms with van der Waals surface area (Å²) in [6.07, 6.45) is 1.16. The fourth-order valence-corrected chi connectivity index (χ4v) is 2.70. The van der Waals surface area contributed by atoms with Crippen molar-refractivity contribution < 1.29 is 4.74 Å². The van der Waals surface area contributed by atoms with Gasteiger partial charge in [-0.2, -0.15) is 0 Å². The first-order valence-electron chi connectivity index (χ1n) is 6.53. The van der Waals surface area contributed by atoms with Gasteiger partial charge in [0.15, 0.2) is 0 Å². The van der Waals surface area contributed by atoms with Crippen LogP contribution in [0.5, 0.6) is 0 Å². The predicted molar refractivity (Wildman–Crippen MR) is 71.6 cm³/mol. The van der Waals surface area contributed by atoms with Gasteiger partial charge in [-0.3, -0.25) is 4.90 Å². The van der Waals surface area contributed by atoms with Gasteiger partial charge >= 0.3 is 0 Å². The Balaban J connectivity index is 1.98. The third-order valence-electron chi connectivity index (χ3n) is 3.62. The summed E-state index contributed by atoms with van der Waals surface area (Å²) in [5.74, 6) is 0. The smallest absolute Gasteiger partial charge is 0.0594 e. The monoisotopic (exact) mass is 233 g/mol. The van der Waals surface area contributed by atoms with Crippen LogP contribution in [0, 0.1) is 20.8 Å². The van der Waals surface area contributed by atoms with Gasteiger partial charge in [-0.15, -0.1) is 0 Å². The van der Waals surface area contributed by atoms with Gasteiger partial charge in [-0.1, -0.05) is 17.7 Å². The molecule has 1 fully saturated rings. The van der Waals surface area contributed by atoms with Crippen LogP contribution in [0.4, 0.5) is 0 Å². The van der Waals surface area contributed by atoms with Gasteiger partial charge in [0.25, 0.3) is 0 Å². The Morgan fingerprint density at radius 1 is 1.06 bits per heavy atom. The van der Waals surface area contributed by atoms with Crippen molar-refractivity contribution in [2.45, 2.75) is 27.2 Å². The zero-order valence-corrected chi connectivity index (χ0v) is 11.3. The Hall–Kier alpha value is -0.860. The summed E-state index contributed by atoms with van der Waals surface area (Å²) in [4.78, 5) is 2.50. The van der Waals surface area contributed by atoms with Crippen molar-refractivity contribution in [2.24, 2.45) is 0 Å². The molecule has 0 radical (unpaired) electrons. The average molecular weight is 233 g/mol. The van der Waals surface area contributed by atoms with E-state index >= 15 is 0 Å². The van der Waals surface area contributed by atoms with E-state index in [9.17, 15) is 0 Å². The molecule has 2 nitrogen and oxygen atoms in total. The zero-order chi connectivity index (χ0) is 12.3. The van der Waals surface area contributed by atoms with Crippen LogP contribution in [0.2, 0.25) is 0 Å². The van der Waals surface area contributed by atoms with Gasteiger partial charge in [-0.05, 0) is 43.9 Å². The zero-order valence-electron chi connectivity index (χ0n) is 11.3. The van der Waals surface area contributed by atoms with E-state index in [-0.39, 0.29) is 0 Å². The first kappa shape index (κ1) is 12.6. The Morgan fingerprint density at radius 3 is 2.24 bits per heavy atom. The molecule has 0 aromatic heterocycles. The molecule has 1 aromatic carbocycles. The van der Waals surface area contributed by atoms with Gasteiger partial charge in [0.2, 0.25) is 0 Å². The molecule has 2 rings (SSSR count). The van der Waals surface area contributed by atoms with E-state index in [0.717, 1.165) is 39.3 Å². The van der Waals surface area contributed by atoms with E-state index in [1.165, 1.54) is 22.3 Å². The Labute approximate surface area is 105 Å². The second kappa shape index (κ2) is 5.65. The summed E-state index contributed by atoms with van der Waals surface area (Å²) in [6.45, 7) is 11.8. The highest BCUT2D eigenvalue weighted by Crippen LogP contribution is 2.17. The molecule has 0 spiro atoms. The molecule has 94 valence electrons. The lowest BCUT2D eigenvalue weighted by molar-refractivity contribution is 0.0384. The highest BCUT2D eigenvalue weighted by molar-refractivity contribution is 5.37. The van der Waals surface area contributed by atoms with Crippen LogP contribution in [0.15, 0.2) is 12.1 Å². The molecule has 0 saturated carbocycles. The van der Waals surface area contributed by atoms with Crippen molar-refractivity contribution in [3.05, 3.63) is 34.4 Å². The molecule has 0 N–H and O–H groups in total. The molecule has 1 aromatic rings. The Morgan fingerprint density at radius 2 is 1.65 bits per heavy atom. The lowest BCUT2D eigenvalue weighted by Gasteiger charge is -2.27. The molecule has 0 bridgehead atoms. The topological polar surface area (TPSA) is 12.5 Å². The largest absolute Gasteiger partial charge is 0.379 e. The van der Waals surface area contributed by atoms with Crippen molar-refractivity contribution in [3.63, 3.8) is 0 Å². The van der Waals surface area contributed by atoms with E-state index in [2.05, 4.69) is 37.8 Å². The first-order chi connectivity index (χ1) is 8.16. The fraction of sp³-hybridized carbons (Fsp3) is 0.600. The normalized spacial score (nSPS) is 17.4. The molecule has 17 heavy (non-hydrogen) atoms. The van der Waals surface area contributed by atoms with Gasteiger partial charge in [0.1, 0.15) is 0 Å². The molecular weight excluding hydrogens is 210 g/mol. The molecular formula is C15H23NO. The number of ether oxygens (including phenoxy) is 1. The maximum absolute atomic E-state index is 5.37. The average Bonchev–Trinajstić information content (AvgIpc) is 2.29. The molecule has 0 aliphatic carbocycles. The highest BCUT2D eigenvalue weighted by atomic mass is 16.5. The van der Waals surface area contributed by atoms with Gasteiger partial charge in [0.05, 0.1) is 13.2 Å². The van der Waals surface area contributed by atoms with Crippen molar-refractivity contribution in [1.29, 1.82) is 0 Å². The van der Waals surface area contributed by atoms with E-state index in [1.54, 1.807) is 0 Å². The number of morpholine rings is 1. The van der Waals surface area contributed by atoms with Crippen LogP contribution in [-0.2, 0) is 11.2 Å². The number of aryl methyl sites for hydroxylation is 3. The van der Waals surface area contributed by atoms with Crippen LogP contribution < -0.4 is 0 Å². The van der Waals surface area contributed by atoms with Gasteiger partial charge in [0, 0.05) is 19.6 Å². The van der Waals surface area contributed by atoms with Crippen LogP contribution in [0.1, 0.15) is 22.3 Å². The van der Waals surface area contributed by atoms with Gasteiger partial charge in [-0.25, -0.2) is 0 Å². The SMILES string of the molecule is Cc1cc(C)c(CCN2CCOCC2)c(C)c1. The molecule has 0 atom stereocenters. The van der Waals surface area contributed by atoms with E-state index < -0.39 is 0 Å². The summed E-state index contributed by atoms with van der Waals surface area (Å²) in [6, 6.07) is 4.59. The van der Waals surface area contributed by atoms with Crippen molar-refractivity contribution in [2.75, 3.05) is 32.8 Å². The van der Waals surface area contributed by atoms with Crippen molar-refractivity contribution >= 4 is 0 Å². The highest BCUT2D eigenvalue weighted by Gasteiger charge is 2.11. The summed E-state index contributed by atoms with van der Waals surface area (Å²) < 4.78 is 5.37. The van der Waals surface area contributed by atoms with Crippen LogP contribution >= 0.6 is 0 Å². The molecule has 0 unspecified atom stereocenters. The Kier molecular flexibility index (Phi) is 4.19. The minimum atomic E-state index is 0.895.